The minimum Gasteiger partial charge on any atom is -0.465 e. The number of fused-ring (bicyclic) bond motifs is 1. The summed E-state index contributed by atoms with van der Waals surface area (Å²) in [5.74, 6) is -1.63. The second-order valence-corrected chi connectivity index (χ2v) is 8.65. The van der Waals surface area contributed by atoms with Crippen LogP contribution >= 0.6 is 0 Å². The fourth-order valence-corrected chi connectivity index (χ4v) is 5.01. The highest BCUT2D eigenvalue weighted by Crippen LogP contribution is 2.38. The number of nitrogens with zero attached hydrogens (tertiary/aromatic N) is 3. The van der Waals surface area contributed by atoms with Crippen molar-refractivity contribution >= 4 is 12.0 Å². The van der Waals surface area contributed by atoms with Crippen molar-refractivity contribution in [3.05, 3.63) is 88.7 Å². The summed E-state index contributed by atoms with van der Waals surface area (Å²) in [7, 11) is 0. The first kappa shape index (κ1) is 22.0. The van der Waals surface area contributed by atoms with Gasteiger partial charge in [-0.3, -0.25) is 14.8 Å². The molecule has 2 aliphatic rings. The van der Waals surface area contributed by atoms with Gasteiger partial charge in [0.2, 0.25) is 5.91 Å². The molecule has 0 bridgehead atoms. The van der Waals surface area contributed by atoms with Crippen molar-refractivity contribution in [3.8, 4) is 0 Å². The number of aromatic amines is 1. The van der Waals surface area contributed by atoms with Gasteiger partial charge < -0.3 is 15.3 Å². The van der Waals surface area contributed by atoms with Crippen molar-refractivity contribution in [2.24, 2.45) is 0 Å². The van der Waals surface area contributed by atoms with Gasteiger partial charge in [-0.05, 0) is 30.2 Å². The number of piperidine rings is 1. The number of nitrogens with one attached hydrogen (secondary N) is 2. The third-order valence-corrected chi connectivity index (χ3v) is 6.53. The lowest BCUT2D eigenvalue weighted by molar-refractivity contribution is -0.147. The van der Waals surface area contributed by atoms with Crippen molar-refractivity contribution in [1.29, 1.82) is 0 Å². The summed E-state index contributed by atoms with van der Waals surface area (Å²) in [5.41, 5.74) is 2.62. The second kappa shape index (κ2) is 8.86. The summed E-state index contributed by atoms with van der Waals surface area (Å²) in [6.45, 7) is 1.07. The lowest BCUT2D eigenvalue weighted by Crippen LogP contribution is -2.60. The Labute approximate surface area is 194 Å². The van der Waals surface area contributed by atoms with Crippen LogP contribution in [0.1, 0.15) is 34.8 Å². The summed E-state index contributed by atoms with van der Waals surface area (Å²) in [6, 6.07) is 9.69. The smallest absolute Gasteiger partial charge is 0.404 e. The van der Waals surface area contributed by atoms with E-state index in [1.54, 1.807) is 6.20 Å². The van der Waals surface area contributed by atoms with E-state index in [0.717, 1.165) is 35.0 Å². The van der Waals surface area contributed by atoms with E-state index in [1.165, 1.54) is 4.90 Å². The van der Waals surface area contributed by atoms with Gasteiger partial charge >= 0.3 is 6.09 Å². The molecule has 0 saturated carbocycles. The van der Waals surface area contributed by atoms with Crippen molar-refractivity contribution in [1.82, 2.24) is 25.3 Å². The molecule has 3 atom stereocenters. The maximum atomic E-state index is 14.9. The van der Waals surface area contributed by atoms with E-state index in [2.05, 4.69) is 15.5 Å². The topological polar surface area (TPSA) is 102 Å². The highest BCUT2D eigenvalue weighted by atomic mass is 19.1. The molecule has 0 spiro atoms. The quantitative estimate of drug-likeness (QED) is 0.535. The van der Waals surface area contributed by atoms with Crippen LogP contribution in [0.3, 0.4) is 0 Å². The van der Waals surface area contributed by atoms with Crippen LogP contribution < -0.4 is 5.32 Å². The molecule has 3 aromatic rings. The van der Waals surface area contributed by atoms with Crippen LogP contribution in [0.2, 0.25) is 0 Å². The van der Waals surface area contributed by atoms with Crippen LogP contribution in [-0.4, -0.2) is 49.2 Å². The monoisotopic (exact) mass is 467 g/mol. The molecule has 34 heavy (non-hydrogen) atoms. The number of carbonyl (C=O) groups excluding carboxylic acids is 1. The SMILES string of the molecule is O=C(O)NC1C[C@@H](N2Cc3cn[nH]c3C2)C(=O)N(Cc2ccccc2)[C@@H]1c1cc(F)ccc1F. The molecule has 5 rings (SSSR count). The van der Waals surface area contributed by atoms with Gasteiger partial charge in [0.05, 0.1) is 30.0 Å². The molecule has 10 heteroatoms. The molecule has 2 amide bonds. The maximum absolute atomic E-state index is 14.9. The molecule has 0 radical (unpaired) electrons. The van der Waals surface area contributed by atoms with Gasteiger partial charge in [0.15, 0.2) is 0 Å². The first-order valence-electron chi connectivity index (χ1n) is 10.9. The third-order valence-electron chi connectivity index (χ3n) is 6.53. The van der Waals surface area contributed by atoms with Gasteiger partial charge in [-0.25, -0.2) is 13.6 Å². The number of rotatable bonds is 5. The number of hydrogen-bond acceptors (Lipinski definition) is 4. The lowest BCUT2D eigenvalue weighted by atomic mass is 9.86. The van der Waals surface area contributed by atoms with Crippen molar-refractivity contribution in [3.63, 3.8) is 0 Å². The molecule has 3 N–H and O–H groups in total. The number of benzene rings is 2. The van der Waals surface area contributed by atoms with Crippen molar-refractivity contribution < 1.29 is 23.5 Å². The molecule has 2 aliphatic heterocycles. The Morgan fingerprint density at radius 3 is 2.71 bits per heavy atom. The Morgan fingerprint density at radius 1 is 1.18 bits per heavy atom. The summed E-state index contributed by atoms with van der Waals surface area (Å²) < 4.78 is 29.1. The predicted molar refractivity (Wildman–Crippen MR) is 117 cm³/mol. The fraction of sp³-hybridized carbons (Fsp3) is 0.292. The third kappa shape index (κ3) is 4.12. The summed E-state index contributed by atoms with van der Waals surface area (Å²) in [4.78, 5) is 29.0. The van der Waals surface area contributed by atoms with E-state index in [1.807, 2.05) is 35.2 Å². The van der Waals surface area contributed by atoms with Gasteiger partial charge in [-0.15, -0.1) is 0 Å². The predicted octanol–water partition coefficient (Wildman–Crippen LogP) is 3.18. The molecule has 3 heterocycles. The van der Waals surface area contributed by atoms with E-state index < -0.39 is 35.9 Å². The molecule has 1 aromatic heterocycles. The number of halogens is 2. The highest BCUT2D eigenvalue weighted by molar-refractivity contribution is 5.84. The number of amides is 2. The summed E-state index contributed by atoms with van der Waals surface area (Å²) in [6.07, 6.45) is 0.534. The Hall–Kier alpha value is -3.79. The Kier molecular flexibility index (Phi) is 5.74. The number of aromatic nitrogens is 2. The molecule has 1 unspecified atom stereocenters. The van der Waals surface area contributed by atoms with Crippen molar-refractivity contribution in [2.45, 2.75) is 44.2 Å². The minimum atomic E-state index is -1.30. The molecule has 8 nitrogen and oxygen atoms in total. The molecule has 2 aromatic carbocycles. The molecule has 176 valence electrons. The van der Waals surface area contributed by atoms with E-state index in [4.69, 9.17) is 0 Å². The van der Waals surface area contributed by atoms with Crippen LogP contribution in [0.4, 0.5) is 13.6 Å². The summed E-state index contributed by atoms with van der Waals surface area (Å²) >= 11 is 0. The second-order valence-electron chi connectivity index (χ2n) is 8.65. The number of hydrogen-bond donors (Lipinski definition) is 3. The van der Waals surface area contributed by atoms with Crippen LogP contribution in [0, 0.1) is 11.6 Å². The van der Waals surface area contributed by atoms with Crippen LogP contribution in [0.15, 0.2) is 54.7 Å². The van der Waals surface area contributed by atoms with Crippen LogP contribution in [0.25, 0.3) is 0 Å². The van der Waals surface area contributed by atoms with E-state index in [-0.39, 0.29) is 24.4 Å². The van der Waals surface area contributed by atoms with E-state index in [0.29, 0.717) is 13.1 Å². The highest BCUT2D eigenvalue weighted by Gasteiger charge is 2.47. The molecular weight excluding hydrogens is 444 g/mol. The summed E-state index contributed by atoms with van der Waals surface area (Å²) in [5, 5.41) is 19.0. The standard InChI is InChI=1S/C24H23F2N5O3/c25-16-6-7-18(26)17(8-16)22-19(28-24(33)34)9-21(30-12-15-10-27-29-20(15)13-30)23(32)31(22)11-14-4-2-1-3-5-14/h1-8,10,19,21-22,28H,9,11-13H2,(H,27,29)(H,33,34)/t19?,21-,22-/m1/s1. The number of carboxylic acid groups (broad SMARTS) is 1. The maximum Gasteiger partial charge on any atom is 0.404 e. The van der Waals surface area contributed by atoms with Crippen LogP contribution in [-0.2, 0) is 24.4 Å². The minimum absolute atomic E-state index is 0.0580. The molecule has 0 aliphatic carbocycles. The molecule has 1 saturated heterocycles. The zero-order chi connectivity index (χ0) is 23.8. The Morgan fingerprint density at radius 2 is 1.97 bits per heavy atom. The normalized spacial score (nSPS) is 22.6. The fourth-order valence-electron chi connectivity index (χ4n) is 5.01. The Balaban J connectivity index is 1.56. The van der Waals surface area contributed by atoms with Crippen LogP contribution in [0.5, 0.6) is 0 Å². The zero-order valence-corrected chi connectivity index (χ0v) is 18.1. The molecular formula is C24H23F2N5O3. The van der Waals surface area contributed by atoms with E-state index >= 15 is 0 Å². The van der Waals surface area contributed by atoms with Gasteiger partial charge in [0, 0.05) is 30.8 Å². The average Bonchev–Trinajstić information content (AvgIpc) is 3.41. The van der Waals surface area contributed by atoms with Gasteiger partial charge in [0.1, 0.15) is 11.6 Å². The van der Waals surface area contributed by atoms with Gasteiger partial charge in [0.25, 0.3) is 0 Å². The van der Waals surface area contributed by atoms with Crippen molar-refractivity contribution in [2.75, 3.05) is 0 Å². The van der Waals surface area contributed by atoms with E-state index in [9.17, 15) is 23.5 Å². The first-order chi connectivity index (χ1) is 16.4. The number of likely N-dealkylation sites (tertiary alicyclic amines) is 1. The van der Waals surface area contributed by atoms with Gasteiger partial charge in [-0.1, -0.05) is 30.3 Å². The van der Waals surface area contributed by atoms with Gasteiger partial charge in [-0.2, -0.15) is 5.10 Å². The first-order valence-corrected chi connectivity index (χ1v) is 10.9. The number of H-pyrrole nitrogens is 1. The largest absolute Gasteiger partial charge is 0.465 e. The molecule has 1 fully saturated rings. The Bertz CT molecular complexity index is 1200. The average molecular weight is 467 g/mol. The lowest BCUT2D eigenvalue weighted by Gasteiger charge is -2.46. The number of carbonyl (C=O) groups is 2. The zero-order valence-electron chi connectivity index (χ0n) is 18.1.